The summed E-state index contributed by atoms with van der Waals surface area (Å²) in [5.41, 5.74) is 0.669. The van der Waals surface area contributed by atoms with Gasteiger partial charge in [-0.2, -0.15) is 0 Å². The lowest BCUT2D eigenvalue weighted by Crippen LogP contribution is -2.40. The van der Waals surface area contributed by atoms with E-state index in [0.29, 0.717) is 6.54 Å². The van der Waals surface area contributed by atoms with E-state index in [2.05, 4.69) is 24.1 Å². The molecule has 0 aliphatic rings. The highest BCUT2D eigenvalue weighted by Gasteiger charge is 2.16. The van der Waals surface area contributed by atoms with Crippen LogP contribution in [-0.4, -0.2) is 42.5 Å². The number of hydrogen-bond acceptors (Lipinski definition) is 4. The fraction of sp³-hybridized carbons (Fsp3) is 0.786. The predicted molar refractivity (Wildman–Crippen MR) is 77.2 cm³/mol. The second kappa shape index (κ2) is 8.93. The van der Waals surface area contributed by atoms with Gasteiger partial charge in [0.15, 0.2) is 0 Å². The highest BCUT2D eigenvalue weighted by molar-refractivity contribution is 5.67. The van der Waals surface area contributed by atoms with Crippen molar-refractivity contribution in [2.75, 3.05) is 19.6 Å². The molecular formula is C14H28N2O3. The summed E-state index contributed by atoms with van der Waals surface area (Å²) in [5.74, 6) is 0. The van der Waals surface area contributed by atoms with Gasteiger partial charge in [0, 0.05) is 13.1 Å². The predicted octanol–water partition coefficient (Wildman–Crippen LogP) is 1.82. The van der Waals surface area contributed by atoms with Crippen LogP contribution in [0.3, 0.4) is 0 Å². The first-order valence-electron chi connectivity index (χ1n) is 6.77. The van der Waals surface area contributed by atoms with Gasteiger partial charge in [-0.25, -0.2) is 4.79 Å². The number of rotatable bonds is 8. The Balaban J connectivity index is 3.62. The molecule has 112 valence electrons. The van der Waals surface area contributed by atoms with E-state index in [1.54, 1.807) is 20.8 Å². The zero-order valence-electron chi connectivity index (χ0n) is 12.6. The van der Waals surface area contributed by atoms with Crippen LogP contribution >= 0.6 is 0 Å². The summed E-state index contributed by atoms with van der Waals surface area (Å²) in [7, 11) is 0. The molecular weight excluding hydrogens is 244 g/mol. The van der Waals surface area contributed by atoms with E-state index >= 15 is 0 Å². The molecule has 0 rings (SSSR count). The zero-order chi connectivity index (χ0) is 14.9. The molecule has 0 aromatic carbocycles. The molecule has 0 aliphatic carbocycles. The van der Waals surface area contributed by atoms with Crippen LogP contribution < -0.4 is 10.6 Å². The van der Waals surface area contributed by atoms with E-state index in [-0.39, 0.29) is 6.54 Å². The van der Waals surface area contributed by atoms with Crippen LogP contribution in [0.15, 0.2) is 12.2 Å². The number of carbonyl (C=O) groups excluding carboxylic acids is 1. The number of nitrogens with one attached hydrogen (secondary N) is 2. The Morgan fingerprint density at radius 1 is 1.37 bits per heavy atom. The molecule has 0 aliphatic heterocycles. The minimum Gasteiger partial charge on any atom is -0.444 e. The molecule has 0 fully saturated rings. The average molecular weight is 272 g/mol. The van der Waals surface area contributed by atoms with E-state index in [0.717, 1.165) is 19.4 Å². The van der Waals surface area contributed by atoms with Crippen molar-refractivity contribution in [3.05, 3.63) is 12.2 Å². The lowest BCUT2D eigenvalue weighted by Gasteiger charge is -2.20. The zero-order valence-corrected chi connectivity index (χ0v) is 12.6. The summed E-state index contributed by atoms with van der Waals surface area (Å²) in [4.78, 5) is 11.3. The highest BCUT2D eigenvalue weighted by Crippen LogP contribution is 2.06. The van der Waals surface area contributed by atoms with Gasteiger partial charge in [0.2, 0.25) is 0 Å². The van der Waals surface area contributed by atoms with Crippen molar-refractivity contribution in [3.63, 3.8) is 0 Å². The Bertz CT molecular complexity index is 285. The molecule has 0 saturated heterocycles. The quantitative estimate of drug-likeness (QED) is 0.465. The van der Waals surface area contributed by atoms with E-state index in [1.165, 1.54) is 5.57 Å². The largest absolute Gasteiger partial charge is 0.444 e. The number of alkyl carbamates (subject to hydrolysis) is 1. The molecule has 0 aromatic heterocycles. The van der Waals surface area contributed by atoms with Gasteiger partial charge in [0.1, 0.15) is 5.60 Å². The number of aliphatic hydroxyl groups excluding tert-OH is 1. The SMILES string of the molecule is C=C(CC)CCNC[C@@H](O)CNC(=O)OC(C)(C)C. The molecule has 0 spiro atoms. The van der Waals surface area contributed by atoms with E-state index < -0.39 is 17.8 Å². The van der Waals surface area contributed by atoms with Gasteiger partial charge < -0.3 is 20.5 Å². The maximum absolute atomic E-state index is 11.3. The molecule has 1 atom stereocenters. The molecule has 0 aromatic rings. The third kappa shape index (κ3) is 11.7. The molecule has 0 radical (unpaired) electrons. The van der Waals surface area contributed by atoms with Crippen LogP contribution in [0.25, 0.3) is 0 Å². The van der Waals surface area contributed by atoms with Crippen molar-refractivity contribution in [2.24, 2.45) is 0 Å². The molecule has 19 heavy (non-hydrogen) atoms. The minimum atomic E-state index is -0.623. The number of hydrogen-bond donors (Lipinski definition) is 3. The van der Waals surface area contributed by atoms with Gasteiger partial charge in [0.25, 0.3) is 0 Å². The maximum Gasteiger partial charge on any atom is 0.407 e. The summed E-state index contributed by atoms with van der Waals surface area (Å²) < 4.78 is 5.07. The molecule has 0 saturated carbocycles. The second-order valence-corrected chi connectivity index (χ2v) is 5.59. The van der Waals surface area contributed by atoms with Crippen LogP contribution in [-0.2, 0) is 4.74 Å². The molecule has 5 nitrogen and oxygen atoms in total. The van der Waals surface area contributed by atoms with Crippen molar-refractivity contribution in [1.82, 2.24) is 10.6 Å². The van der Waals surface area contributed by atoms with Gasteiger partial charge in [-0.1, -0.05) is 19.1 Å². The van der Waals surface area contributed by atoms with Crippen LogP contribution in [0, 0.1) is 0 Å². The van der Waals surface area contributed by atoms with Gasteiger partial charge in [0.05, 0.1) is 6.10 Å². The van der Waals surface area contributed by atoms with E-state index in [9.17, 15) is 9.90 Å². The van der Waals surface area contributed by atoms with Crippen molar-refractivity contribution in [1.29, 1.82) is 0 Å². The van der Waals surface area contributed by atoms with Crippen molar-refractivity contribution in [3.8, 4) is 0 Å². The second-order valence-electron chi connectivity index (χ2n) is 5.59. The normalized spacial score (nSPS) is 12.9. The fourth-order valence-corrected chi connectivity index (χ4v) is 1.30. The first-order valence-corrected chi connectivity index (χ1v) is 6.77. The van der Waals surface area contributed by atoms with Crippen LogP contribution in [0.1, 0.15) is 40.5 Å². The average Bonchev–Trinajstić information content (AvgIpc) is 2.29. The van der Waals surface area contributed by atoms with E-state index in [4.69, 9.17) is 4.74 Å². The van der Waals surface area contributed by atoms with E-state index in [1.807, 2.05) is 0 Å². The molecule has 0 unspecified atom stereocenters. The Labute approximate surface area is 116 Å². The molecule has 1 amide bonds. The highest BCUT2D eigenvalue weighted by atomic mass is 16.6. The standard InChI is InChI=1S/C14H28N2O3/c1-6-11(2)7-8-15-9-12(17)10-16-13(18)19-14(3,4)5/h12,15,17H,2,6-10H2,1,3-5H3,(H,16,18)/t12-/m1/s1. The lowest BCUT2D eigenvalue weighted by atomic mass is 10.2. The first-order chi connectivity index (χ1) is 8.74. The smallest absolute Gasteiger partial charge is 0.407 e. The third-order valence-electron chi connectivity index (χ3n) is 2.42. The van der Waals surface area contributed by atoms with Gasteiger partial charge in [-0.3, -0.25) is 0 Å². The van der Waals surface area contributed by atoms with Crippen molar-refractivity contribution in [2.45, 2.75) is 52.2 Å². The Hall–Kier alpha value is -1.07. The maximum atomic E-state index is 11.3. The number of carbonyl (C=O) groups is 1. The molecule has 0 bridgehead atoms. The molecule has 3 N–H and O–H groups in total. The van der Waals surface area contributed by atoms with Crippen molar-refractivity contribution < 1.29 is 14.6 Å². The van der Waals surface area contributed by atoms with Gasteiger partial charge >= 0.3 is 6.09 Å². The summed E-state index contributed by atoms with van der Waals surface area (Å²) in [6.07, 6.45) is 0.751. The number of amides is 1. The van der Waals surface area contributed by atoms with Crippen LogP contribution in [0.4, 0.5) is 4.79 Å². The summed E-state index contributed by atoms with van der Waals surface area (Å²) in [5, 5.41) is 15.3. The first kappa shape index (κ1) is 17.9. The number of ether oxygens (including phenoxy) is 1. The Kier molecular flexibility index (Phi) is 8.43. The minimum absolute atomic E-state index is 0.177. The summed E-state index contributed by atoms with van der Waals surface area (Å²) in [6.45, 7) is 12.8. The lowest BCUT2D eigenvalue weighted by molar-refractivity contribution is 0.0492. The Morgan fingerprint density at radius 3 is 2.53 bits per heavy atom. The summed E-state index contributed by atoms with van der Waals surface area (Å²) in [6, 6.07) is 0. The topological polar surface area (TPSA) is 70.6 Å². The van der Waals surface area contributed by atoms with Gasteiger partial charge in [-0.15, -0.1) is 0 Å². The fourth-order valence-electron chi connectivity index (χ4n) is 1.30. The molecule has 5 heteroatoms. The van der Waals surface area contributed by atoms with Crippen LogP contribution in [0.2, 0.25) is 0 Å². The van der Waals surface area contributed by atoms with Crippen LogP contribution in [0.5, 0.6) is 0 Å². The van der Waals surface area contributed by atoms with Gasteiger partial charge in [-0.05, 0) is 40.2 Å². The Morgan fingerprint density at radius 2 is 2.00 bits per heavy atom. The third-order valence-corrected chi connectivity index (χ3v) is 2.42. The molecule has 0 heterocycles. The summed E-state index contributed by atoms with van der Waals surface area (Å²) >= 11 is 0. The number of aliphatic hydroxyl groups is 1. The monoisotopic (exact) mass is 272 g/mol. The van der Waals surface area contributed by atoms with Crippen molar-refractivity contribution >= 4 is 6.09 Å².